The molecule has 1 fully saturated rings. The van der Waals surface area contributed by atoms with E-state index < -0.39 is 5.41 Å². The van der Waals surface area contributed by atoms with Gasteiger partial charge in [-0.3, -0.25) is 9.69 Å². The van der Waals surface area contributed by atoms with Crippen LogP contribution in [0.5, 0.6) is 0 Å². The average molecular weight is 414 g/mol. The Morgan fingerprint density at radius 1 is 0.806 bits per heavy atom. The Kier molecular flexibility index (Phi) is 6.38. The van der Waals surface area contributed by atoms with E-state index in [4.69, 9.17) is 0 Å². The van der Waals surface area contributed by atoms with Crippen molar-refractivity contribution in [1.82, 2.24) is 4.90 Å². The second-order valence-electron chi connectivity index (χ2n) is 8.74. The molecule has 1 aliphatic heterocycles. The number of anilines is 2. The van der Waals surface area contributed by atoms with E-state index in [0.717, 1.165) is 44.0 Å². The van der Waals surface area contributed by atoms with Crippen molar-refractivity contribution in [2.24, 2.45) is 0 Å². The van der Waals surface area contributed by atoms with Crippen LogP contribution in [0.3, 0.4) is 0 Å². The Bertz CT molecular complexity index is 976. The third kappa shape index (κ3) is 5.15. The molecule has 1 heterocycles. The lowest BCUT2D eigenvalue weighted by Gasteiger charge is -2.36. The van der Waals surface area contributed by atoms with E-state index >= 15 is 0 Å². The Hall–Kier alpha value is -3.11. The number of rotatable bonds is 6. The van der Waals surface area contributed by atoms with Crippen molar-refractivity contribution in [2.45, 2.75) is 25.8 Å². The number of hydrogen-bond acceptors (Lipinski definition) is 3. The van der Waals surface area contributed by atoms with Crippen molar-refractivity contribution < 1.29 is 4.79 Å². The van der Waals surface area contributed by atoms with E-state index in [9.17, 15) is 4.79 Å². The lowest BCUT2D eigenvalue weighted by molar-refractivity contribution is -0.120. The van der Waals surface area contributed by atoms with Crippen LogP contribution in [-0.2, 0) is 16.8 Å². The first-order chi connectivity index (χ1) is 15.0. The van der Waals surface area contributed by atoms with Gasteiger partial charge in [0, 0.05) is 44.1 Å². The van der Waals surface area contributed by atoms with Gasteiger partial charge in [-0.1, -0.05) is 60.7 Å². The second-order valence-corrected chi connectivity index (χ2v) is 8.74. The van der Waals surface area contributed by atoms with Gasteiger partial charge in [0.15, 0.2) is 0 Å². The monoisotopic (exact) mass is 413 g/mol. The molecule has 1 saturated heterocycles. The van der Waals surface area contributed by atoms with Crippen molar-refractivity contribution in [3.63, 3.8) is 0 Å². The zero-order valence-corrected chi connectivity index (χ0v) is 18.4. The van der Waals surface area contributed by atoms with E-state index in [0.29, 0.717) is 0 Å². The molecule has 0 atom stereocenters. The van der Waals surface area contributed by atoms with Gasteiger partial charge < -0.3 is 10.2 Å². The molecule has 1 N–H and O–H groups in total. The number of hydrogen-bond donors (Lipinski definition) is 1. The summed E-state index contributed by atoms with van der Waals surface area (Å²) in [6, 6.07) is 28.8. The maximum atomic E-state index is 12.9. The molecule has 160 valence electrons. The first-order valence-electron chi connectivity index (χ1n) is 11.0. The van der Waals surface area contributed by atoms with Crippen LogP contribution in [0.25, 0.3) is 0 Å². The van der Waals surface area contributed by atoms with Crippen molar-refractivity contribution >= 4 is 17.3 Å². The quantitative estimate of drug-likeness (QED) is 0.623. The molecular formula is C27H31N3O. The van der Waals surface area contributed by atoms with Crippen molar-refractivity contribution in [3.05, 3.63) is 96.1 Å². The summed E-state index contributed by atoms with van der Waals surface area (Å²) in [5.41, 5.74) is 3.83. The van der Waals surface area contributed by atoms with Crippen LogP contribution in [-0.4, -0.2) is 37.0 Å². The van der Waals surface area contributed by atoms with Gasteiger partial charge in [0.25, 0.3) is 0 Å². The van der Waals surface area contributed by atoms with Crippen LogP contribution >= 0.6 is 0 Å². The van der Waals surface area contributed by atoms with E-state index in [1.54, 1.807) is 0 Å². The zero-order valence-electron chi connectivity index (χ0n) is 18.4. The summed E-state index contributed by atoms with van der Waals surface area (Å²) in [4.78, 5) is 17.8. The smallest absolute Gasteiger partial charge is 0.234 e. The minimum absolute atomic E-state index is 0.000904. The van der Waals surface area contributed by atoms with Crippen LogP contribution < -0.4 is 10.2 Å². The summed E-state index contributed by atoms with van der Waals surface area (Å²) < 4.78 is 0. The topological polar surface area (TPSA) is 35.6 Å². The lowest BCUT2D eigenvalue weighted by Crippen LogP contribution is -2.45. The summed E-state index contributed by atoms with van der Waals surface area (Å²) >= 11 is 0. The Balaban J connectivity index is 1.32. The number of amides is 1. The van der Waals surface area contributed by atoms with Crippen LogP contribution in [0.4, 0.5) is 11.4 Å². The molecule has 4 rings (SSSR count). The summed E-state index contributed by atoms with van der Waals surface area (Å²) in [6.07, 6.45) is 0. The number of carbonyl (C=O) groups is 1. The van der Waals surface area contributed by atoms with E-state index in [-0.39, 0.29) is 5.91 Å². The minimum atomic E-state index is -0.588. The number of carbonyl (C=O) groups excluding carboxylic acids is 1. The Morgan fingerprint density at radius 3 is 2.00 bits per heavy atom. The first-order valence-corrected chi connectivity index (χ1v) is 11.0. The van der Waals surface area contributed by atoms with Crippen LogP contribution in [0.1, 0.15) is 25.0 Å². The van der Waals surface area contributed by atoms with Crippen molar-refractivity contribution in [3.8, 4) is 0 Å². The number of piperazine rings is 1. The largest absolute Gasteiger partial charge is 0.369 e. The lowest BCUT2D eigenvalue weighted by atomic mass is 9.83. The molecule has 4 heteroatoms. The fraction of sp³-hybridized carbons (Fsp3) is 0.296. The van der Waals surface area contributed by atoms with Crippen molar-refractivity contribution in [1.29, 1.82) is 0 Å². The highest BCUT2D eigenvalue weighted by atomic mass is 16.2. The highest BCUT2D eigenvalue weighted by molar-refractivity contribution is 5.98. The van der Waals surface area contributed by atoms with Gasteiger partial charge in [-0.25, -0.2) is 0 Å². The molecular weight excluding hydrogens is 382 g/mol. The predicted octanol–water partition coefficient (Wildman–Crippen LogP) is 4.93. The standard InChI is InChI=1S/C27H31N3O/c1-27(2,23-11-7-4-8-12-23)26(31)28-24-13-15-25(16-14-24)30-19-17-29(18-20-30)21-22-9-5-3-6-10-22/h3-16H,17-21H2,1-2H3,(H,28,31). The molecule has 3 aromatic rings. The molecule has 0 saturated carbocycles. The number of benzene rings is 3. The van der Waals surface area contributed by atoms with E-state index in [1.807, 2.05) is 56.3 Å². The van der Waals surface area contributed by atoms with Gasteiger partial charge >= 0.3 is 0 Å². The molecule has 0 bridgehead atoms. The Morgan fingerprint density at radius 2 is 1.39 bits per heavy atom. The van der Waals surface area contributed by atoms with Gasteiger partial charge in [0.05, 0.1) is 5.41 Å². The third-order valence-electron chi connectivity index (χ3n) is 6.17. The molecule has 0 unspecified atom stereocenters. The summed E-state index contributed by atoms with van der Waals surface area (Å²) in [5, 5.41) is 3.08. The molecule has 31 heavy (non-hydrogen) atoms. The van der Waals surface area contributed by atoms with E-state index in [2.05, 4.69) is 57.6 Å². The summed E-state index contributed by atoms with van der Waals surface area (Å²) in [6.45, 7) is 9.06. The molecule has 0 aromatic heterocycles. The summed E-state index contributed by atoms with van der Waals surface area (Å²) in [5.74, 6) is 0.000904. The molecule has 4 nitrogen and oxygen atoms in total. The van der Waals surface area contributed by atoms with Gasteiger partial charge in [-0.2, -0.15) is 0 Å². The molecule has 1 amide bonds. The van der Waals surface area contributed by atoms with Crippen molar-refractivity contribution in [2.75, 3.05) is 36.4 Å². The SMILES string of the molecule is CC(C)(C(=O)Nc1ccc(N2CCN(Cc3ccccc3)CC2)cc1)c1ccccc1. The molecule has 3 aromatic carbocycles. The maximum absolute atomic E-state index is 12.9. The highest BCUT2D eigenvalue weighted by Gasteiger charge is 2.29. The normalized spacial score (nSPS) is 15.0. The molecule has 0 spiro atoms. The maximum Gasteiger partial charge on any atom is 0.234 e. The second kappa shape index (κ2) is 9.36. The predicted molar refractivity (Wildman–Crippen MR) is 128 cm³/mol. The molecule has 0 aliphatic carbocycles. The van der Waals surface area contributed by atoms with Gasteiger partial charge in [-0.15, -0.1) is 0 Å². The summed E-state index contributed by atoms with van der Waals surface area (Å²) in [7, 11) is 0. The molecule has 1 aliphatic rings. The fourth-order valence-corrected chi connectivity index (χ4v) is 4.03. The number of nitrogens with one attached hydrogen (secondary N) is 1. The number of nitrogens with zero attached hydrogens (tertiary/aromatic N) is 2. The van der Waals surface area contributed by atoms with E-state index in [1.165, 1.54) is 11.3 Å². The first kappa shape index (κ1) is 21.1. The highest BCUT2D eigenvalue weighted by Crippen LogP contribution is 2.26. The van der Waals surface area contributed by atoms with Gasteiger partial charge in [0.2, 0.25) is 5.91 Å². The van der Waals surface area contributed by atoms with Crippen LogP contribution in [0.2, 0.25) is 0 Å². The van der Waals surface area contributed by atoms with Gasteiger partial charge in [0.1, 0.15) is 0 Å². The average Bonchev–Trinajstić information content (AvgIpc) is 2.81. The third-order valence-corrected chi connectivity index (χ3v) is 6.17. The fourth-order valence-electron chi connectivity index (χ4n) is 4.03. The minimum Gasteiger partial charge on any atom is -0.369 e. The van der Waals surface area contributed by atoms with Gasteiger partial charge in [-0.05, 0) is 49.2 Å². The van der Waals surface area contributed by atoms with Crippen LogP contribution in [0, 0.1) is 0 Å². The zero-order chi connectivity index (χ0) is 21.7. The Labute approximate surface area is 185 Å². The molecule has 0 radical (unpaired) electrons. The van der Waals surface area contributed by atoms with Crippen LogP contribution in [0.15, 0.2) is 84.9 Å².